The Balaban J connectivity index is 1.58. The van der Waals surface area contributed by atoms with E-state index in [1.807, 2.05) is 0 Å². The van der Waals surface area contributed by atoms with Crippen LogP contribution in [0.4, 0.5) is 0 Å². The molecule has 0 atom stereocenters. The molecule has 0 amide bonds. The van der Waals surface area contributed by atoms with Gasteiger partial charge < -0.3 is 4.90 Å². The Morgan fingerprint density at radius 2 is 1.52 bits per heavy atom. The van der Waals surface area contributed by atoms with Gasteiger partial charge in [-0.1, -0.05) is 51.1 Å². The normalized spacial score (nSPS) is 23.2. The van der Waals surface area contributed by atoms with Crippen molar-refractivity contribution in [2.24, 2.45) is 5.92 Å². The first-order chi connectivity index (χ1) is 12.1. The van der Waals surface area contributed by atoms with Gasteiger partial charge in [0.1, 0.15) is 0 Å². The highest BCUT2D eigenvalue weighted by Crippen LogP contribution is 2.35. The molecule has 1 aromatic carbocycles. The van der Waals surface area contributed by atoms with Crippen molar-refractivity contribution in [3.8, 4) is 0 Å². The molecule has 3 heteroatoms. The van der Waals surface area contributed by atoms with Gasteiger partial charge in [0.05, 0.1) is 0 Å². The van der Waals surface area contributed by atoms with Crippen LogP contribution in [0.15, 0.2) is 30.3 Å². The number of nitrogens with zero attached hydrogens (tertiary/aromatic N) is 3. The van der Waals surface area contributed by atoms with Crippen LogP contribution in [0, 0.1) is 5.92 Å². The summed E-state index contributed by atoms with van der Waals surface area (Å²) in [4.78, 5) is 8.13. The second-order valence-electron chi connectivity index (χ2n) is 8.51. The molecule has 140 valence electrons. The molecule has 2 saturated heterocycles. The van der Waals surface area contributed by atoms with Gasteiger partial charge in [0, 0.05) is 38.3 Å². The monoisotopic (exact) mass is 343 g/mol. The van der Waals surface area contributed by atoms with Crippen LogP contribution in [0.1, 0.15) is 45.6 Å². The summed E-state index contributed by atoms with van der Waals surface area (Å²) >= 11 is 0. The lowest BCUT2D eigenvalue weighted by Gasteiger charge is -2.52. The van der Waals surface area contributed by atoms with Gasteiger partial charge in [-0.05, 0) is 50.4 Å². The number of piperazine rings is 1. The summed E-state index contributed by atoms with van der Waals surface area (Å²) in [7, 11) is 0. The highest BCUT2D eigenvalue weighted by molar-refractivity contribution is 5.14. The number of hydrogen-bond acceptors (Lipinski definition) is 3. The van der Waals surface area contributed by atoms with Gasteiger partial charge in [-0.15, -0.1) is 0 Å². The van der Waals surface area contributed by atoms with E-state index in [1.165, 1.54) is 70.6 Å². The van der Waals surface area contributed by atoms with Gasteiger partial charge in [0.2, 0.25) is 0 Å². The average Bonchev–Trinajstić information content (AvgIpc) is 2.63. The molecule has 3 rings (SSSR count). The van der Waals surface area contributed by atoms with Crippen LogP contribution in [0.25, 0.3) is 0 Å². The molecule has 3 nitrogen and oxygen atoms in total. The molecule has 0 saturated carbocycles. The van der Waals surface area contributed by atoms with Gasteiger partial charge in [0.15, 0.2) is 0 Å². The molecule has 0 aliphatic carbocycles. The number of hydrogen-bond donors (Lipinski definition) is 0. The third kappa shape index (κ3) is 4.84. The zero-order chi connectivity index (χ0) is 17.7. The van der Waals surface area contributed by atoms with Crippen molar-refractivity contribution < 1.29 is 0 Å². The molecular formula is C22H37N3. The Bertz CT molecular complexity index is 497. The zero-order valence-electron chi connectivity index (χ0n) is 16.6. The highest BCUT2D eigenvalue weighted by Gasteiger charge is 2.40. The van der Waals surface area contributed by atoms with Crippen LogP contribution < -0.4 is 0 Å². The first-order valence-electron chi connectivity index (χ1n) is 10.3. The number of benzene rings is 1. The minimum absolute atomic E-state index is 0.457. The Hall–Kier alpha value is -0.900. The van der Waals surface area contributed by atoms with E-state index in [-0.39, 0.29) is 0 Å². The van der Waals surface area contributed by atoms with Crippen molar-refractivity contribution in [3.63, 3.8) is 0 Å². The van der Waals surface area contributed by atoms with E-state index in [0.29, 0.717) is 5.54 Å². The Morgan fingerprint density at radius 3 is 2.08 bits per heavy atom. The third-order valence-electron chi connectivity index (χ3n) is 6.31. The summed E-state index contributed by atoms with van der Waals surface area (Å²) in [5, 5.41) is 0. The van der Waals surface area contributed by atoms with Crippen molar-refractivity contribution in [2.45, 2.75) is 52.1 Å². The summed E-state index contributed by atoms with van der Waals surface area (Å²) in [6.45, 7) is 16.9. The van der Waals surface area contributed by atoms with Crippen LogP contribution in [0.5, 0.6) is 0 Å². The van der Waals surface area contributed by atoms with Crippen LogP contribution in [0.2, 0.25) is 0 Å². The molecule has 0 bridgehead atoms. The number of rotatable bonds is 6. The van der Waals surface area contributed by atoms with Crippen molar-refractivity contribution in [3.05, 3.63) is 35.9 Å². The number of likely N-dealkylation sites (tertiary alicyclic amines) is 1. The Labute approximate surface area is 155 Å². The zero-order valence-corrected chi connectivity index (χ0v) is 16.6. The molecule has 25 heavy (non-hydrogen) atoms. The second-order valence-corrected chi connectivity index (χ2v) is 8.51. The van der Waals surface area contributed by atoms with E-state index in [9.17, 15) is 0 Å². The summed E-state index contributed by atoms with van der Waals surface area (Å²) < 4.78 is 0. The lowest BCUT2D eigenvalue weighted by Crippen LogP contribution is -2.61. The summed E-state index contributed by atoms with van der Waals surface area (Å²) in [5.41, 5.74) is 1.91. The van der Waals surface area contributed by atoms with E-state index in [2.05, 4.69) is 65.8 Å². The minimum Gasteiger partial charge on any atom is -0.303 e. The lowest BCUT2D eigenvalue weighted by atomic mass is 9.78. The highest BCUT2D eigenvalue weighted by atomic mass is 15.3. The van der Waals surface area contributed by atoms with Gasteiger partial charge in [-0.2, -0.15) is 0 Å². The van der Waals surface area contributed by atoms with Crippen molar-refractivity contribution in [2.75, 3.05) is 45.8 Å². The molecule has 2 aliphatic rings. The van der Waals surface area contributed by atoms with E-state index in [0.717, 1.165) is 12.5 Å². The Morgan fingerprint density at radius 1 is 0.880 bits per heavy atom. The second kappa shape index (κ2) is 8.66. The van der Waals surface area contributed by atoms with E-state index in [4.69, 9.17) is 0 Å². The minimum atomic E-state index is 0.457. The molecule has 0 aromatic heterocycles. The van der Waals surface area contributed by atoms with Crippen LogP contribution in [-0.4, -0.2) is 66.1 Å². The first kappa shape index (κ1) is 18.9. The molecule has 0 radical (unpaired) electrons. The molecule has 2 heterocycles. The van der Waals surface area contributed by atoms with Crippen molar-refractivity contribution in [1.29, 1.82) is 0 Å². The summed E-state index contributed by atoms with van der Waals surface area (Å²) in [5.74, 6) is 0.788. The first-order valence-corrected chi connectivity index (χ1v) is 10.3. The van der Waals surface area contributed by atoms with E-state index in [1.54, 1.807) is 0 Å². The fourth-order valence-electron chi connectivity index (χ4n) is 4.92. The molecule has 2 fully saturated rings. The summed E-state index contributed by atoms with van der Waals surface area (Å²) in [6.07, 6.45) is 4.08. The quantitative estimate of drug-likeness (QED) is 0.780. The van der Waals surface area contributed by atoms with Crippen LogP contribution >= 0.6 is 0 Å². The summed E-state index contributed by atoms with van der Waals surface area (Å²) in [6, 6.07) is 10.9. The van der Waals surface area contributed by atoms with E-state index < -0.39 is 0 Å². The fraction of sp³-hybridized carbons (Fsp3) is 0.727. The van der Waals surface area contributed by atoms with E-state index >= 15 is 0 Å². The molecule has 0 unspecified atom stereocenters. The maximum Gasteiger partial charge on any atom is 0.0237 e. The Kier molecular flexibility index (Phi) is 6.54. The predicted molar refractivity (Wildman–Crippen MR) is 107 cm³/mol. The molecule has 0 N–H and O–H groups in total. The standard InChI is InChI=1S/C22H37N3/c1-4-23-12-10-22(11-13-23,18-20(2)3)25-16-14-24(15-17-25)19-21-8-6-5-7-9-21/h5-9,20H,4,10-19H2,1-3H3. The number of piperidine rings is 1. The topological polar surface area (TPSA) is 9.72 Å². The molecule has 0 spiro atoms. The predicted octanol–water partition coefficient (Wildman–Crippen LogP) is 3.70. The smallest absolute Gasteiger partial charge is 0.0237 e. The maximum absolute atomic E-state index is 2.86. The largest absolute Gasteiger partial charge is 0.303 e. The molecule has 2 aliphatic heterocycles. The molecular weight excluding hydrogens is 306 g/mol. The van der Waals surface area contributed by atoms with Gasteiger partial charge in [0.25, 0.3) is 0 Å². The lowest BCUT2D eigenvalue weighted by molar-refractivity contribution is -0.0232. The van der Waals surface area contributed by atoms with Crippen molar-refractivity contribution >= 4 is 0 Å². The average molecular weight is 344 g/mol. The molecule has 1 aromatic rings. The van der Waals surface area contributed by atoms with Crippen molar-refractivity contribution in [1.82, 2.24) is 14.7 Å². The third-order valence-corrected chi connectivity index (χ3v) is 6.31. The van der Waals surface area contributed by atoms with Crippen LogP contribution in [-0.2, 0) is 6.54 Å². The SMILES string of the molecule is CCN1CCC(CC(C)C)(N2CCN(Cc3ccccc3)CC2)CC1. The van der Waals surface area contributed by atoms with Gasteiger partial charge >= 0.3 is 0 Å². The van der Waals surface area contributed by atoms with Crippen LogP contribution in [0.3, 0.4) is 0 Å². The maximum atomic E-state index is 2.86. The van der Waals surface area contributed by atoms with Gasteiger partial charge in [-0.3, -0.25) is 9.80 Å². The fourth-order valence-corrected chi connectivity index (χ4v) is 4.92. The van der Waals surface area contributed by atoms with Gasteiger partial charge in [-0.25, -0.2) is 0 Å².